The molecule has 0 bridgehead atoms. The molecule has 0 heterocycles. The average Bonchev–Trinajstić information content (AvgIpc) is 2.61. The lowest BCUT2D eigenvalue weighted by Crippen LogP contribution is -2.22. The molecule has 13 heteroatoms. The first-order valence-electron chi connectivity index (χ1n) is 8.19. The van der Waals surface area contributed by atoms with E-state index >= 15 is 0 Å². The summed E-state index contributed by atoms with van der Waals surface area (Å²) in [5.41, 5.74) is -2.21. The summed E-state index contributed by atoms with van der Waals surface area (Å²) < 4.78 is 92.1. The van der Waals surface area contributed by atoms with Crippen LogP contribution < -0.4 is 10.0 Å². The van der Waals surface area contributed by atoms with E-state index in [-0.39, 0.29) is 10.6 Å². The minimum Gasteiger partial charge on any atom is -0.326 e. The summed E-state index contributed by atoms with van der Waals surface area (Å²) in [5.74, 6) is -0.593. The van der Waals surface area contributed by atoms with Gasteiger partial charge in [-0.3, -0.25) is 9.52 Å². The highest BCUT2D eigenvalue weighted by Crippen LogP contribution is 2.37. The molecule has 0 aliphatic carbocycles. The molecule has 0 aliphatic rings. The fourth-order valence-electron chi connectivity index (χ4n) is 2.35. The molecule has 0 fully saturated rings. The molecule has 0 atom stereocenters. The molecule has 8 nitrogen and oxygen atoms in total. The van der Waals surface area contributed by atoms with Crippen molar-refractivity contribution in [3.05, 3.63) is 48.0 Å². The number of benzene rings is 2. The molecular formula is C17H18F3N3O5S2. The number of sulfonamides is 2. The predicted molar refractivity (Wildman–Crippen MR) is 104 cm³/mol. The van der Waals surface area contributed by atoms with Crippen molar-refractivity contribution in [2.45, 2.75) is 22.9 Å². The molecule has 0 aromatic heterocycles. The van der Waals surface area contributed by atoms with Gasteiger partial charge < -0.3 is 5.32 Å². The maximum absolute atomic E-state index is 13.4. The normalized spacial score (nSPS) is 12.6. The van der Waals surface area contributed by atoms with Crippen molar-refractivity contribution in [1.82, 2.24) is 4.31 Å². The lowest BCUT2D eigenvalue weighted by Gasteiger charge is -2.17. The Labute approximate surface area is 171 Å². The van der Waals surface area contributed by atoms with Gasteiger partial charge in [-0.2, -0.15) is 13.2 Å². The van der Waals surface area contributed by atoms with Crippen LogP contribution in [0.2, 0.25) is 0 Å². The van der Waals surface area contributed by atoms with Gasteiger partial charge in [-0.1, -0.05) is 0 Å². The maximum Gasteiger partial charge on any atom is 0.418 e. The molecule has 164 valence electrons. The monoisotopic (exact) mass is 465 g/mol. The Hall–Kier alpha value is -2.64. The molecule has 0 saturated heterocycles. The number of halogens is 3. The summed E-state index contributed by atoms with van der Waals surface area (Å²) >= 11 is 0. The van der Waals surface area contributed by atoms with Gasteiger partial charge in [0.25, 0.3) is 10.0 Å². The lowest BCUT2D eigenvalue weighted by atomic mass is 10.1. The van der Waals surface area contributed by atoms with Gasteiger partial charge in [-0.15, -0.1) is 0 Å². The second-order valence-electron chi connectivity index (χ2n) is 6.30. The Balaban J connectivity index is 2.42. The van der Waals surface area contributed by atoms with E-state index in [0.717, 1.165) is 47.6 Å². The van der Waals surface area contributed by atoms with Gasteiger partial charge >= 0.3 is 6.18 Å². The van der Waals surface area contributed by atoms with Gasteiger partial charge in [-0.25, -0.2) is 21.1 Å². The summed E-state index contributed by atoms with van der Waals surface area (Å²) in [5, 5.41) is 2.19. The Morgan fingerprint density at radius 1 is 0.933 bits per heavy atom. The Bertz CT molecular complexity index is 1160. The van der Waals surface area contributed by atoms with Crippen LogP contribution in [0.3, 0.4) is 0 Å². The van der Waals surface area contributed by atoms with E-state index in [1.54, 1.807) is 0 Å². The summed E-state index contributed by atoms with van der Waals surface area (Å²) in [4.78, 5) is 10.5. The zero-order chi connectivity index (χ0) is 22.9. The van der Waals surface area contributed by atoms with E-state index in [1.807, 2.05) is 4.72 Å². The average molecular weight is 465 g/mol. The van der Waals surface area contributed by atoms with Crippen LogP contribution in [0.15, 0.2) is 52.3 Å². The molecule has 0 unspecified atom stereocenters. The second kappa shape index (κ2) is 8.24. The third-order valence-corrected chi connectivity index (χ3v) is 7.01. The summed E-state index contributed by atoms with van der Waals surface area (Å²) in [7, 11) is -5.67. The number of rotatable bonds is 6. The molecule has 2 rings (SSSR count). The van der Waals surface area contributed by atoms with Crippen LogP contribution in [0.25, 0.3) is 0 Å². The van der Waals surface area contributed by atoms with Crippen LogP contribution in [-0.2, 0) is 31.0 Å². The lowest BCUT2D eigenvalue weighted by molar-refractivity contribution is -0.136. The van der Waals surface area contributed by atoms with Crippen molar-refractivity contribution in [1.29, 1.82) is 0 Å². The number of hydrogen-bond donors (Lipinski definition) is 2. The van der Waals surface area contributed by atoms with Crippen molar-refractivity contribution in [2.75, 3.05) is 24.1 Å². The van der Waals surface area contributed by atoms with Gasteiger partial charge in [-0.05, 0) is 42.5 Å². The first-order valence-corrected chi connectivity index (χ1v) is 11.1. The zero-order valence-corrected chi connectivity index (χ0v) is 17.6. The van der Waals surface area contributed by atoms with Crippen LogP contribution >= 0.6 is 0 Å². The Morgan fingerprint density at radius 2 is 1.47 bits per heavy atom. The fourth-order valence-corrected chi connectivity index (χ4v) is 4.34. The van der Waals surface area contributed by atoms with Crippen LogP contribution in [0, 0.1) is 0 Å². The van der Waals surface area contributed by atoms with E-state index in [4.69, 9.17) is 0 Å². The van der Waals surface area contributed by atoms with Crippen LogP contribution in [0.4, 0.5) is 24.5 Å². The van der Waals surface area contributed by atoms with Crippen molar-refractivity contribution >= 4 is 37.3 Å². The van der Waals surface area contributed by atoms with Gasteiger partial charge in [0, 0.05) is 26.7 Å². The first kappa shape index (κ1) is 23.6. The van der Waals surface area contributed by atoms with Gasteiger partial charge in [0.1, 0.15) is 0 Å². The van der Waals surface area contributed by atoms with Gasteiger partial charge in [0.2, 0.25) is 15.9 Å². The molecular weight excluding hydrogens is 447 g/mol. The van der Waals surface area contributed by atoms with E-state index in [1.165, 1.54) is 14.1 Å². The fraction of sp³-hybridized carbons (Fsp3) is 0.235. The SMILES string of the molecule is CC(=O)Nc1ccc(NS(=O)(=O)c2ccc(S(=O)(=O)N(C)C)cc2)c(C(F)(F)F)c1. The number of amides is 1. The van der Waals surface area contributed by atoms with E-state index in [2.05, 4.69) is 5.32 Å². The van der Waals surface area contributed by atoms with Crippen molar-refractivity contribution < 1.29 is 34.8 Å². The maximum atomic E-state index is 13.4. The zero-order valence-electron chi connectivity index (χ0n) is 16.0. The quantitative estimate of drug-likeness (QED) is 0.681. The van der Waals surface area contributed by atoms with Crippen molar-refractivity contribution in [2.24, 2.45) is 0 Å². The molecule has 0 spiro atoms. The minimum atomic E-state index is -4.91. The Morgan fingerprint density at radius 3 is 1.93 bits per heavy atom. The highest BCUT2D eigenvalue weighted by Gasteiger charge is 2.35. The predicted octanol–water partition coefficient (Wildman–Crippen LogP) is 2.71. The largest absolute Gasteiger partial charge is 0.418 e. The third-order valence-electron chi connectivity index (χ3n) is 3.80. The Kier molecular flexibility index (Phi) is 6.49. The van der Waals surface area contributed by atoms with Crippen LogP contribution in [0.1, 0.15) is 12.5 Å². The van der Waals surface area contributed by atoms with E-state index in [0.29, 0.717) is 6.07 Å². The molecule has 0 aliphatic heterocycles. The molecule has 1 amide bonds. The minimum absolute atomic E-state index is 0.156. The number of nitrogens with one attached hydrogen (secondary N) is 2. The smallest absolute Gasteiger partial charge is 0.326 e. The molecule has 0 radical (unpaired) electrons. The number of hydrogen-bond acceptors (Lipinski definition) is 5. The number of anilines is 2. The number of alkyl halides is 3. The second-order valence-corrected chi connectivity index (χ2v) is 10.1. The third kappa shape index (κ3) is 5.29. The molecule has 2 aromatic rings. The van der Waals surface area contributed by atoms with E-state index in [9.17, 15) is 34.8 Å². The molecule has 0 saturated carbocycles. The van der Waals surface area contributed by atoms with Gasteiger partial charge in [0.05, 0.1) is 21.0 Å². The summed E-state index contributed by atoms with van der Waals surface area (Å²) in [6.07, 6.45) is -4.91. The molecule has 2 aromatic carbocycles. The highest BCUT2D eigenvalue weighted by molar-refractivity contribution is 7.92. The summed E-state index contributed by atoms with van der Waals surface area (Å²) in [6, 6.07) is 6.60. The molecule has 30 heavy (non-hydrogen) atoms. The van der Waals surface area contributed by atoms with Crippen molar-refractivity contribution in [3.63, 3.8) is 0 Å². The summed E-state index contributed by atoms with van der Waals surface area (Å²) in [6.45, 7) is 1.12. The van der Waals surface area contributed by atoms with Crippen LogP contribution in [-0.4, -0.2) is 41.1 Å². The van der Waals surface area contributed by atoms with E-state index < -0.39 is 48.3 Å². The number of carbonyl (C=O) groups is 1. The highest BCUT2D eigenvalue weighted by atomic mass is 32.2. The standard InChI is InChI=1S/C17H18F3N3O5S2/c1-11(24)21-12-4-9-16(15(10-12)17(18,19)20)22-29(25,26)13-5-7-14(8-6-13)30(27,28)23(2)3/h4-10,22H,1-3H3,(H,21,24). The topological polar surface area (TPSA) is 113 Å². The first-order chi connectivity index (χ1) is 13.6. The van der Waals surface area contributed by atoms with Crippen molar-refractivity contribution in [3.8, 4) is 0 Å². The van der Waals surface area contributed by atoms with Gasteiger partial charge in [0.15, 0.2) is 0 Å². The molecule has 2 N–H and O–H groups in total. The van der Waals surface area contributed by atoms with Crippen LogP contribution in [0.5, 0.6) is 0 Å². The number of carbonyl (C=O) groups excluding carboxylic acids is 1. The number of nitrogens with zero attached hydrogens (tertiary/aromatic N) is 1.